The van der Waals surface area contributed by atoms with Crippen LogP contribution < -0.4 is 16.0 Å². The van der Waals surface area contributed by atoms with E-state index in [0.29, 0.717) is 12.5 Å². The summed E-state index contributed by atoms with van der Waals surface area (Å²) in [5.74, 6) is 0.447. The van der Waals surface area contributed by atoms with Gasteiger partial charge in [-0.2, -0.15) is 0 Å². The minimum absolute atomic E-state index is 0.0232. The summed E-state index contributed by atoms with van der Waals surface area (Å²) in [6.07, 6.45) is 5.70. The summed E-state index contributed by atoms with van der Waals surface area (Å²) < 4.78 is 0. The van der Waals surface area contributed by atoms with Crippen molar-refractivity contribution in [2.45, 2.75) is 45.1 Å². The Morgan fingerprint density at radius 1 is 1.27 bits per heavy atom. The first-order valence-electron chi connectivity index (χ1n) is 8.47. The molecular formula is C18H29N3O. The number of benzene rings is 1. The Balaban J connectivity index is 1.97. The first-order valence-corrected chi connectivity index (χ1v) is 8.47. The number of carbonyl (C=O) groups excluding carboxylic acids is 1. The van der Waals surface area contributed by atoms with Crippen LogP contribution in [0.2, 0.25) is 0 Å². The van der Waals surface area contributed by atoms with Crippen molar-refractivity contribution in [3.63, 3.8) is 0 Å². The lowest BCUT2D eigenvalue weighted by Gasteiger charge is -2.31. The highest BCUT2D eigenvalue weighted by Gasteiger charge is 2.25. The third-order valence-electron chi connectivity index (χ3n) is 4.66. The van der Waals surface area contributed by atoms with Gasteiger partial charge in [0.25, 0.3) is 5.91 Å². The fourth-order valence-electron chi connectivity index (χ4n) is 3.26. The Labute approximate surface area is 134 Å². The van der Waals surface area contributed by atoms with Gasteiger partial charge in [0.1, 0.15) is 0 Å². The molecule has 0 radical (unpaired) electrons. The van der Waals surface area contributed by atoms with Crippen LogP contribution in [0.15, 0.2) is 24.3 Å². The zero-order chi connectivity index (χ0) is 15.9. The number of nitrogens with two attached hydrogens (primary N) is 1. The second-order valence-corrected chi connectivity index (χ2v) is 6.33. The minimum atomic E-state index is 0.0232. The fraction of sp³-hybridized carbons (Fsp3) is 0.611. The van der Waals surface area contributed by atoms with Gasteiger partial charge in [0.15, 0.2) is 0 Å². The van der Waals surface area contributed by atoms with E-state index < -0.39 is 0 Å². The summed E-state index contributed by atoms with van der Waals surface area (Å²) in [5, 5.41) is 3.18. The third kappa shape index (κ3) is 4.23. The molecule has 0 heterocycles. The van der Waals surface area contributed by atoms with Gasteiger partial charge in [0, 0.05) is 30.9 Å². The van der Waals surface area contributed by atoms with Crippen LogP contribution in [0.1, 0.15) is 49.4 Å². The molecule has 2 rings (SSSR count). The lowest BCUT2D eigenvalue weighted by atomic mass is 9.84. The second-order valence-electron chi connectivity index (χ2n) is 6.33. The van der Waals surface area contributed by atoms with Crippen molar-refractivity contribution in [1.82, 2.24) is 5.32 Å². The zero-order valence-electron chi connectivity index (χ0n) is 13.8. The van der Waals surface area contributed by atoms with E-state index in [-0.39, 0.29) is 11.9 Å². The van der Waals surface area contributed by atoms with Crippen molar-refractivity contribution in [3.05, 3.63) is 29.8 Å². The summed E-state index contributed by atoms with van der Waals surface area (Å²) in [4.78, 5) is 14.6. The molecule has 0 bridgehead atoms. The number of hydrogen-bond acceptors (Lipinski definition) is 3. The molecule has 0 spiro atoms. The highest BCUT2D eigenvalue weighted by Crippen LogP contribution is 2.24. The maximum atomic E-state index is 12.4. The Bertz CT molecular complexity index is 472. The summed E-state index contributed by atoms with van der Waals surface area (Å²) in [5.41, 5.74) is 7.71. The molecule has 1 amide bonds. The van der Waals surface area contributed by atoms with Crippen LogP contribution in [0.4, 0.5) is 5.69 Å². The maximum absolute atomic E-state index is 12.4. The number of carbonyl (C=O) groups is 1. The molecule has 1 fully saturated rings. The molecule has 122 valence electrons. The topological polar surface area (TPSA) is 58.4 Å². The molecule has 1 aliphatic rings. The minimum Gasteiger partial charge on any atom is -0.375 e. The Hall–Kier alpha value is -1.55. The predicted octanol–water partition coefficient (Wildman–Crippen LogP) is 2.78. The van der Waals surface area contributed by atoms with Crippen molar-refractivity contribution in [3.8, 4) is 0 Å². The van der Waals surface area contributed by atoms with Crippen LogP contribution in [-0.4, -0.2) is 32.1 Å². The van der Waals surface area contributed by atoms with Gasteiger partial charge in [-0.1, -0.05) is 19.8 Å². The molecule has 0 aliphatic heterocycles. The molecule has 1 saturated carbocycles. The Kier molecular flexibility index (Phi) is 6.25. The van der Waals surface area contributed by atoms with E-state index in [1.165, 1.54) is 12.8 Å². The highest BCUT2D eigenvalue weighted by atomic mass is 16.1. The van der Waals surface area contributed by atoms with Crippen LogP contribution in [-0.2, 0) is 0 Å². The van der Waals surface area contributed by atoms with Gasteiger partial charge < -0.3 is 16.0 Å². The van der Waals surface area contributed by atoms with Gasteiger partial charge in [-0.25, -0.2) is 0 Å². The van der Waals surface area contributed by atoms with Crippen molar-refractivity contribution < 1.29 is 4.79 Å². The lowest BCUT2D eigenvalue weighted by molar-refractivity contribution is 0.0908. The van der Waals surface area contributed by atoms with E-state index >= 15 is 0 Å². The van der Waals surface area contributed by atoms with Crippen molar-refractivity contribution in [2.24, 2.45) is 11.7 Å². The van der Waals surface area contributed by atoms with Gasteiger partial charge in [-0.3, -0.25) is 4.79 Å². The average Bonchev–Trinajstić information content (AvgIpc) is 2.55. The monoisotopic (exact) mass is 303 g/mol. The molecule has 4 heteroatoms. The lowest BCUT2D eigenvalue weighted by Crippen LogP contribution is -2.44. The van der Waals surface area contributed by atoms with Crippen molar-refractivity contribution >= 4 is 11.6 Å². The van der Waals surface area contributed by atoms with Crippen LogP contribution in [0.3, 0.4) is 0 Å². The smallest absolute Gasteiger partial charge is 0.251 e. The molecule has 1 aromatic carbocycles. The highest BCUT2D eigenvalue weighted by molar-refractivity contribution is 5.94. The zero-order valence-corrected chi connectivity index (χ0v) is 13.8. The third-order valence-corrected chi connectivity index (χ3v) is 4.66. The van der Waals surface area contributed by atoms with Crippen LogP contribution >= 0.6 is 0 Å². The van der Waals surface area contributed by atoms with Gasteiger partial charge in [-0.15, -0.1) is 0 Å². The summed E-state index contributed by atoms with van der Waals surface area (Å²) in [6.45, 7) is 3.84. The Morgan fingerprint density at radius 2 is 1.95 bits per heavy atom. The summed E-state index contributed by atoms with van der Waals surface area (Å²) in [6, 6.07) is 8.10. The first kappa shape index (κ1) is 16.8. The van der Waals surface area contributed by atoms with Gasteiger partial charge in [-0.05, 0) is 56.0 Å². The van der Waals surface area contributed by atoms with Gasteiger partial charge >= 0.3 is 0 Å². The molecular weight excluding hydrogens is 274 g/mol. The standard InChI is InChI=1S/C18H29N3O/c1-3-12-21(2)16-10-8-14(9-11-16)18(22)20-17-7-5-4-6-15(17)13-19/h8-11,15,17H,3-7,12-13,19H2,1-2H3,(H,20,22). The first-order chi connectivity index (χ1) is 10.7. The number of nitrogens with one attached hydrogen (secondary N) is 1. The number of amides is 1. The molecule has 1 aromatic rings. The van der Waals surface area contributed by atoms with E-state index in [9.17, 15) is 4.79 Å². The normalized spacial score (nSPS) is 21.4. The molecule has 3 N–H and O–H groups in total. The molecule has 0 aromatic heterocycles. The predicted molar refractivity (Wildman–Crippen MR) is 92.3 cm³/mol. The molecule has 0 saturated heterocycles. The SMILES string of the molecule is CCCN(C)c1ccc(C(=O)NC2CCCCC2CN)cc1. The van der Waals surface area contributed by atoms with E-state index in [1.54, 1.807) is 0 Å². The quantitative estimate of drug-likeness (QED) is 0.849. The van der Waals surface area contributed by atoms with E-state index in [4.69, 9.17) is 5.73 Å². The van der Waals surface area contributed by atoms with Crippen LogP contribution in [0.5, 0.6) is 0 Å². The van der Waals surface area contributed by atoms with Gasteiger partial charge in [0.05, 0.1) is 0 Å². The second kappa shape index (κ2) is 8.18. The molecule has 2 atom stereocenters. The van der Waals surface area contributed by atoms with Crippen molar-refractivity contribution in [2.75, 3.05) is 25.0 Å². The van der Waals surface area contributed by atoms with E-state index in [0.717, 1.165) is 37.1 Å². The van der Waals surface area contributed by atoms with Gasteiger partial charge in [0.2, 0.25) is 0 Å². The van der Waals surface area contributed by atoms with E-state index in [2.05, 4.69) is 24.2 Å². The number of rotatable bonds is 6. The number of hydrogen-bond donors (Lipinski definition) is 2. The molecule has 1 aliphatic carbocycles. The molecule has 4 nitrogen and oxygen atoms in total. The van der Waals surface area contributed by atoms with E-state index in [1.807, 2.05) is 24.3 Å². The summed E-state index contributed by atoms with van der Waals surface area (Å²) >= 11 is 0. The fourth-order valence-corrected chi connectivity index (χ4v) is 3.26. The average molecular weight is 303 g/mol. The van der Waals surface area contributed by atoms with Crippen molar-refractivity contribution in [1.29, 1.82) is 0 Å². The largest absolute Gasteiger partial charge is 0.375 e. The maximum Gasteiger partial charge on any atom is 0.251 e. The molecule has 22 heavy (non-hydrogen) atoms. The number of anilines is 1. The number of nitrogens with zero attached hydrogens (tertiary/aromatic N) is 1. The van der Waals surface area contributed by atoms with Crippen LogP contribution in [0.25, 0.3) is 0 Å². The van der Waals surface area contributed by atoms with Crippen LogP contribution in [0, 0.1) is 5.92 Å². The Morgan fingerprint density at radius 3 is 2.59 bits per heavy atom. The molecule has 2 unspecified atom stereocenters. The summed E-state index contributed by atoms with van der Waals surface area (Å²) in [7, 11) is 2.08.